The summed E-state index contributed by atoms with van der Waals surface area (Å²) in [5, 5.41) is 0. The van der Waals surface area contributed by atoms with Crippen LogP contribution in [0.15, 0.2) is 66.3 Å². The molecule has 128 valence electrons. The Morgan fingerprint density at radius 2 is 1.96 bits per heavy atom. The topological polar surface area (TPSA) is 26.3 Å². The third kappa shape index (κ3) is 5.52. The van der Waals surface area contributed by atoms with E-state index < -0.39 is 0 Å². The van der Waals surface area contributed by atoms with Gasteiger partial charge in [0.15, 0.2) is 0 Å². The van der Waals surface area contributed by atoms with Crippen molar-refractivity contribution in [1.82, 2.24) is 0 Å². The smallest absolute Gasteiger partial charge is 0.338 e. The maximum Gasteiger partial charge on any atom is 0.338 e. The molecule has 1 aromatic carbocycles. The average molecular weight is 324 g/mol. The molecule has 0 saturated carbocycles. The van der Waals surface area contributed by atoms with Crippen molar-refractivity contribution in [3.8, 4) is 0 Å². The van der Waals surface area contributed by atoms with Gasteiger partial charge in [0.25, 0.3) is 0 Å². The number of ether oxygens (including phenoxy) is 1. The van der Waals surface area contributed by atoms with Crippen molar-refractivity contribution in [1.29, 1.82) is 0 Å². The first-order valence-electron chi connectivity index (χ1n) is 8.64. The molecule has 24 heavy (non-hydrogen) atoms. The number of benzene rings is 1. The van der Waals surface area contributed by atoms with E-state index in [1.807, 2.05) is 18.2 Å². The highest BCUT2D eigenvalue weighted by molar-refractivity contribution is 5.89. The minimum Gasteiger partial charge on any atom is -0.454 e. The normalized spacial score (nSPS) is 25.0. The van der Waals surface area contributed by atoms with Gasteiger partial charge in [0, 0.05) is 0 Å². The fraction of sp³-hybridized carbons (Fsp3) is 0.409. The fourth-order valence-corrected chi connectivity index (χ4v) is 2.90. The second kappa shape index (κ2) is 8.14. The molecule has 1 atom stereocenters. The molecule has 2 nitrogen and oxygen atoms in total. The molecule has 0 radical (unpaired) electrons. The summed E-state index contributed by atoms with van der Waals surface area (Å²) < 4.78 is 5.83. The first kappa shape index (κ1) is 18.3. The molecule has 2 heteroatoms. The van der Waals surface area contributed by atoms with E-state index in [0.29, 0.717) is 5.56 Å². The van der Waals surface area contributed by atoms with E-state index in [1.165, 1.54) is 5.57 Å². The molecule has 0 saturated heterocycles. The molecule has 2 rings (SSSR count). The zero-order valence-electron chi connectivity index (χ0n) is 15.0. The Bertz CT molecular complexity index is 635. The Balaban J connectivity index is 2.18. The van der Waals surface area contributed by atoms with Crippen LogP contribution in [0, 0.1) is 5.41 Å². The molecule has 0 spiro atoms. The first-order valence-corrected chi connectivity index (χ1v) is 8.64. The molecule has 0 bridgehead atoms. The van der Waals surface area contributed by atoms with E-state index in [9.17, 15) is 4.79 Å². The molecular weight excluding hydrogens is 296 g/mol. The van der Waals surface area contributed by atoms with Crippen molar-refractivity contribution < 1.29 is 9.53 Å². The molecule has 1 aliphatic rings. The number of esters is 1. The molecule has 0 aromatic heterocycles. The van der Waals surface area contributed by atoms with Crippen LogP contribution < -0.4 is 0 Å². The van der Waals surface area contributed by atoms with Crippen molar-refractivity contribution in [2.45, 2.75) is 52.6 Å². The summed E-state index contributed by atoms with van der Waals surface area (Å²) in [6.45, 7) is 10.7. The number of hydrogen-bond donors (Lipinski definition) is 0. The van der Waals surface area contributed by atoms with Crippen molar-refractivity contribution >= 4 is 5.97 Å². The van der Waals surface area contributed by atoms with Crippen LogP contribution in [-0.4, -0.2) is 12.1 Å². The van der Waals surface area contributed by atoms with Gasteiger partial charge in [0.2, 0.25) is 0 Å². The second-order valence-corrected chi connectivity index (χ2v) is 7.31. The third-order valence-electron chi connectivity index (χ3n) is 4.39. The number of carbonyl (C=O) groups is 1. The van der Waals surface area contributed by atoms with Gasteiger partial charge in [-0.2, -0.15) is 0 Å². The SMILES string of the molecule is C=C1CC/C=C(\C)C/C=C/C(C)(C)CC1OC(=O)c1ccccc1. The quantitative estimate of drug-likeness (QED) is 0.502. The Hall–Kier alpha value is -2.09. The lowest BCUT2D eigenvalue weighted by Crippen LogP contribution is -2.26. The molecule has 1 unspecified atom stereocenters. The molecular formula is C22H28O2. The van der Waals surface area contributed by atoms with Gasteiger partial charge in [0.1, 0.15) is 6.10 Å². The minimum atomic E-state index is -0.275. The predicted octanol–water partition coefficient (Wildman–Crippen LogP) is 5.87. The van der Waals surface area contributed by atoms with E-state index in [-0.39, 0.29) is 17.5 Å². The highest BCUT2D eigenvalue weighted by atomic mass is 16.5. The largest absolute Gasteiger partial charge is 0.454 e. The summed E-state index contributed by atoms with van der Waals surface area (Å²) in [5.41, 5.74) is 2.90. The summed E-state index contributed by atoms with van der Waals surface area (Å²) in [5.74, 6) is -0.275. The van der Waals surface area contributed by atoms with E-state index in [2.05, 4.69) is 45.6 Å². The van der Waals surface area contributed by atoms with Gasteiger partial charge in [-0.1, -0.05) is 62.4 Å². The molecule has 0 fully saturated rings. The maximum absolute atomic E-state index is 12.4. The summed E-state index contributed by atoms with van der Waals surface area (Å²) in [7, 11) is 0. The van der Waals surface area contributed by atoms with Crippen LogP contribution in [0.1, 0.15) is 56.8 Å². The molecule has 0 aliphatic heterocycles. The molecule has 0 amide bonds. The average Bonchev–Trinajstić information content (AvgIpc) is 2.55. The monoisotopic (exact) mass is 324 g/mol. The summed E-state index contributed by atoms with van der Waals surface area (Å²) in [4.78, 5) is 12.4. The summed E-state index contributed by atoms with van der Waals surface area (Å²) in [6.07, 6.45) is 9.96. The molecule has 0 N–H and O–H groups in total. The van der Waals surface area contributed by atoms with Crippen molar-refractivity contribution in [2.24, 2.45) is 5.41 Å². The van der Waals surface area contributed by atoms with Crippen molar-refractivity contribution in [2.75, 3.05) is 0 Å². The van der Waals surface area contributed by atoms with E-state index in [4.69, 9.17) is 4.74 Å². The Morgan fingerprint density at radius 1 is 1.25 bits per heavy atom. The Morgan fingerprint density at radius 3 is 2.67 bits per heavy atom. The lowest BCUT2D eigenvalue weighted by molar-refractivity contribution is 0.0303. The number of rotatable bonds is 2. The maximum atomic E-state index is 12.4. The molecule has 1 aromatic rings. The number of carbonyl (C=O) groups excluding carboxylic acids is 1. The zero-order valence-corrected chi connectivity index (χ0v) is 15.0. The minimum absolute atomic E-state index is 0.0464. The summed E-state index contributed by atoms with van der Waals surface area (Å²) >= 11 is 0. The summed E-state index contributed by atoms with van der Waals surface area (Å²) in [6, 6.07) is 9.17. The van der Waals surface area contributed by atoms with Crippen LogP contribution in [0.5, 0.6) is 0 Å². The Labute approximate surface area is 145 Å². The first-order chi connectivity index (χ1) is 11.4. The van der Waals surface area contributed by atoms with Gasteiger partial charge in [-0.05, 0) is 55.7 Å². The van der Waals surface area contributed by atoms with Crippen LogP contribution in [-0.2, 0) is 4.74 Å². The fourth-order valence-electron chi connectivity index (χ4n) is 2.90. The zero-order chi connectivity index (χ0) is 17.6. The van der Waals surface area contributed by atoms with Crippen LogP contribution in [0.2, 0.25) is 0 Å². The van der Waals surface area contributed by atoms with Crippen LogP contribution in [0.25, 0.3) is 0 Å². The van der Waals surface area contributed by atoms with Gasteiger partial charge < -0.3 is 4.74 Å². The van der Waals surface area contributed by atoms with Crippen molar-refractivity contribution in [3.63, 3.8) is 0 Å². The van der Waals surface area contributed by atoms with Crippen LogP contribution in [0.3, 0.4) is 0 Å². The number of allylic oxidation sites excluding steroid dienone is 4. The van der Waals surface area contributed by atoms with E-state index >= 15 is 0 Å². The molecule has 1 aliphatic carbocycles. The van der Waals surface area contributed by atoms with Gasteiger partial charge in [-0.15, -0.1) is 0 Å². The van der Waals surface area contributed by atoms with Crippen LogP contribution >= 0.6 is 0 Å². The van der Waals surface area contributed by atoms with Gasteiger partial charge in [0.05, 0.1) is 5.56 Å². The van der Waals surface area contributed by atoms with Gasteiger partial charge >= 0.3 is 5.97 Å². The predicted molar refractivity (Wildman–Crippen MR) is 99.9 cm³/mol. The van der Waals surface area contributed by atoms with Crippen LogP contribution in [0.4, 0.5) is 0 Å². The van der Waals surface area contributed by atoms with Gasteiger partial charge in [-0.25, -0.2) is 4.79 Å². The lowest BCUT2D eigenvalue weighted by Gasteiger charge is -2.28. The number of hydrogen-bond acceptors (Lipinski definition) is 2. The second-order valence-electron chi connectivity index (χ2n) is 7.31. The van der Waals surface area contributed by atoms with E-state index in [0.717, 1.165) is 31.3 Å². The molecule has 0 heterocycles. The third-order valence-corrected chi connectivity index (χ3v) is 4.39. The van der Waals surface area contributed by atoms with E-state index in [1.54, 1.807) is 12.1 Å². The lowest BCUT2D eigenvalue weighted by atomic mass is 9.83. The highest BCUT2D eigenvalue weighted by Gasteiger charge is 2.26. The highest BCUT2D eigenvalue weighted by Crippen LogP contribution is 2.31. The Kier molecular flexibility index (Phi) is 6.19. The van der Waals surface area contributed by atoms with Gasteiger partial charge in [-0.3, -0.25) is 0 Å². The van der Waals surface area contributed by atoms with Crippen molar-refractivity contribution in [3.05, 3.63) is 71.8 Å². The standard InChI is InChI=1S/C22H28O2/c1-17-10-8-12-18(2)20(16-22(3,4)15-9-11-17)24-21(23)19-13-6-5-7-14-19/h5-7,9-10,13-15,20H,2,8,11-12,16H2,1,3-4H3/b15-9+,17-10+.